The molecule has 0 radical (unpaired) electrons. The van der Waals surface area contributed by atoms with Crippen molar-refractivity contribution >= 4 is 16.9 Å². The highest BCUT2D eigenvalue weighted by molar-refractivity contribution is 5.86. The molecule has 0 aliphatic carbocycles. The van der Waals surface area contributed by atoms with Gasteiger partial charge in [0.1, 0.15) is 29.3 Å². The van der Waals surface area contributed by atoms with Crippen molar-refractivity contribution < 1.29 is 8.78 Å². The Morgan fingerprint density at radius 3 is 2.60 bits per heavy atom. The van der Waals surface area contributed by atoms with Crippen LogP contribution in [-0.2, 0) is 6.42 Å². The van der Waals surface area contributed by atoms with Crippen molar-refractivity contribution in [2.24, 2.45) is 0 Å². The Morgan fingerprint density at radius 1 is 1.11 bits per heavy atom. The van der Waals surface area contributed by atoms with E-state index < -0.39 is 11.6 Å². The number of imidazole rings is 1. The summed E-state index contributed by atoms with van der Waals surface area (Å²) in [5.41, 5.74) is 2.46. The SMILES string of the molecule is CCc1nc2cc(-c3ncc(N4CCC(NC)CC4)nc3-c3ccc(C#N)c(F)c3)c(F)cc2[nH]1. The number of aryl methyl sites for hydroxylation is 1. The minimum atomic E-state index is -0.659. The van der Waals surface area contributed by atoms with Crippen molar-refractivity contribution in [3.05, 3.63) is 59.6 Å². The van der Waals surface area contributed by atoms with Crippen LogP contribution in [0.25, 0.3) is 33.5 Å². The molecule has 3 heterocycles. The quantitative estimate of drug-likeness (QED) is 0.441. The van der Waals surface area contributed by atoms with E-state index in [1.807, 2.05) is 20.0 Å². The molecule has 2 aromatic heterocycles. The molecule has 1 saturated heterocycles. The summed E-state index contributed by atoms with van der Waals surface area (Å²) in [5, 5.41) is 12.4. The van der Waals surface area contributed by atoms with E-state index in [2.05, 4.69) is 25.2 Å². The molecule has 5 rings (SSSR count). The molecular formula is C26H25F2N7. The second-order valence-electron chi connectivity index (χ2n) is 8.67. The summed E-state index contributed by atoms with van der Waals surface area (Å²) in [6, 6.07) is 9.61. The summed E-state index contributed by atoms with van der Waals surface area (Å²) < 4.78 is 29.9. The highest BCUT2D eigenvalue weighted by Gasteiger charge is 2.23. The standard InChI is InChI=1S/C26H25F2N7/c1-3-23-32-21-11-18(20(28)12-22(21)33-23)26-25(15-4-5-16(13-29)19(27)10-15)34-24(14-31-26)35-8-6-17(30-2)7-9-35/h4-5,10-12,14,17,30H,3,6-9H2,1-2H3,(H,32,33). The minimum absolute atomic E-state index is 0.0650. The van der Waals surface area contributed by atoms with Gasteiger partial charge in [-0.1, -0.05) is 13.0 Å². The van der Waals surface area contributed by atoms with Crippen molar-refractivity contribution in [2.75, 3.05) is 25.0 Å². The maximum Gasteiger partial charge on any atom is 0.147 e. The summed E-state index contributed by atoms with van der Waals surface area (Å²) in [7, 11) is 1.96. The van der Waals surface area contributed by atoms with Gasteiger partial charge in [-0.05, 0) is 38.1 Å². The Balaban J connectivity index is 1.64. The van der Waals surface area contributed by atoms with E-state index >= 15 is 4.39 Å². The first-order valence-electron chi connectivity index (χ1n) is 11.7. The highest BCUT2D eigenvalue weighted by atomic mass is 19.1. The molecule has 7 nitrogen and oxygen atoms in total. The van der Waals surface area contributed by atoms with E-state index in [1.54, 1.807) is 18.3 Å². The lowest BCUT2D eigenvalue weighted by Crippen LogP contribution is -2.41. The first-order valence-corrected chi connectivity index (χ1v) is 11.7. The predicted molar refractivity (Wildman–Crippen MR) is 131 cm³/mol. The number of H-pyrrole nitrogens is 1. The molecule has 2 N–H and O–H groups in total. The highest BCUT2D eigenvalue weighted by Crippen LogP contribution is 2.35. The monoisotopic (exact) mass is 473 g/mol. The molecule has 0 unspecified atom stereocenters. The third kappa shape index (κ3) is 4.33. The Kier molecular flexibility index (Phi) is 6.14. The van der Waals surface area contributed by atoms with Gasteiger partial charge in [-0.3, -0.25) is 0 Å². The lowest BCUT2D eigenvalue weighted by Gasteiger charge is -2.32. The first kappa shape index (κ1) is 22.9. The van der Waals surface area contributed by atoms with Crippen molar-refractivity contribution in [1.29, 1.82) is 5.26 Å². The smallest absolute Gasteiger partial charge is 0.147 e. The molecule has 35 heavy (non-hydrogen) atoms. The van der Waals surface area contributed by atoms with E-state index in [0.717, 1.165) is 31.8 Å². The lowest BCUT2D eigenvalue weighted by atomic mass is 10.0. The molecule has 0 saturated carbocycles. The van der Waals surface area contributed by atoms with E-state index in [1.165, 1.54) is 18.2 Å². The van der Waals surface area contributed by atoms with Crippen molar-refractivity contribution in [1.82, 2.24) is 25.3 Å². The number of anilines is 1. The number of benzene rings is 2. The molecule has 9 heteroatoms. The number of aromatic amines is 1. The van der Waals surface area contributed by atoms with E-state index in [-0.39, 0.29) is 11.1 Å². The van der Waals surface area contributed by atoms with Crippen LogP contribution in [-0.4, -0.2) is 46.1 Å². The molecule has 1 fully saturated rings. The zero-order valence-corrected chi connectivity index (χ0v) is 19.6. The molecule has 0 amide bonds. The molecule has 0 atom stereocenters. The number of rotatable bonds is 5. The predicted octanol–water partition coefficient (Wildman–Crippen LogP) is 4.59. The van der Waals surface area contributed by atoms with Gasteiger partial charge in [0.2, 0.25) is 0 Å². The van der Waals surface area contributed by atoms with Crippen LogP contribution < -0.4 is 10.2 Å². The second-order valence-corrected chi connectivity index (χ2v) is 8.67. The fraction of sp³-hybridized carbons (Fsp3) is 0.308. The van der Waals surface area contributed by atoms with Crippen LogP contribution in [0.5, 0.6) is 0 Å². The summed E-state index contributed by atoms with van der Waals surface area (Å²) in [5.74, 6) is 0.278. The van der Waals surface area contributed by atoms with Gasteiger partial charge in [0.05, 0.1) is 34.2 Å². The van der Waals surface area contributed by atoms with Gasteiger partial charge >= 0.3 is 0 Å². The van der Waals surface area contributed by atoms with Crippen LogP contribution in [0, 0.1) is 23.0 Å². The fourth-order valence-corrected chi connectivity index (χ4v) is 4.51. The topological polar surface area (TPSA) is 93.5 Å². The number of halogens is 2. The lowest BCUT2D eigenvalue weighted by molar-refractivity contribution is 0.440. The molecule has 178 valence electrons. The number of piperidine rings is 1. The third-order valence-corrected chi connectivity index (χ3v) is 6.56. The van der Waals surface area contributed by atoms with Crippen LogP contribution in [0.4, 0.5) is 14.6 Å². The van der Waals surface area contributed by atoms with Crippen molar-refractivity contribution in [2.45, 2.75) is 32.2 Å². The Hall–Kier alpha value is -3.90. The summed E-state index contributed by atoms with van der Waals surface area (Å²) in [6.07, 6.45) is 4.26. The number of nitrogens with one attached hydrogen (secondary N) is 2. The molecule has 4 aromatic rings. The Morgan fingerprint density at radius 2 is 1.91 bits per heavy atom. The molecule has 0 bridgehead atoms. The van der Waals surface area contributed by atoms with Crippen molar-refractivity contribution in [3.63, 3.8) is 0 Å². The average Bonchev–Trinajstić information content (AvgIpc) is 3.30. The number of fused-ring (bicyclic) bond motifs is 1. The Bertz CT molecular complexity index is 1430. The molecule has 1 aliphatic rings. The van der Waals surface area contributed by atoms with Crippen LogP contribution in [0.3, 0.4) is 0 Å². The average molecular weight is 474 g/mol. The molecule has 1 aliphatic heterocycles. The number of nitriles is 1. The zero-order valence-electron chi connectivity index (χ0n) is 19.6. The van der Waals surface area contributed by atoms with Crippen molar-refractivity contribution in [3.8, 4) is 28.6 Å². The summed E-state index contributed by atoms with van der Waals surface area (Å²) in [6.45, 7) is 3.57. The van der Waals surface area contributed by atoms with Gasteiger partial charge < -0.3 is 15.2 Å². The van der Waals surface area contributed by atoms with Gasteiger partial charge in [0.25, 0.3) is 0 Å². The van der Waals surface area contributed by atoms with Gasteiger partial charge in [-0.25, -0.2) is 23.7 Å². The number of nitrogens with zero attached hydrogens (tertiary/aromatic N) is 5. The van der Waals surface area contributed by atoms with E-state index in [0.29, 0.717) is 46.3 Å². The number of aromatic nitrogens is 4. The van der Waals surface area contributed by atoms with Gasteiger partial charge in [-0.2, -0.15) is 5.26 Å². The first-order chi connectivity index (χ1) is 17.0. The van der Waals surface area contributed by atoms with Gasteiger partial charge in [0, 0.05) is 42.7 Å². The van der Waals surface area contributed by atoms with Crippen LogP contribution in [0.15, 0.2) is 36.5 Å². The maximum absolute atomic E-state index is 15.3. The zero-order chi connectivity index (χ0) is 24.5. The van der Waals surface area contributed by atoms with Crippen LogP contribution in [0.1, 0.15) is 31.2 Å². The molecule has 2 aromatic carbocycles. The van der Waals surface area contributed by atoms with Gasteiger partial charge in [-0.15, -0.1) is 0 Å². The van der Waals surface area contributed by atoms with Gasteiger partial charge in [0.15, 0.2) is 0 Å². The summed E-state index contributed by atoms with van der Waals surface area (Å²) in [4.78, 5) is 19.2. The minimum Gasteiger partial charge on any atom is -0.355 e. The van der Waals surface area contributed by atoms with E-state index in [4.69, 9.17) is 10.2 Å². The second kappa shape index (κ2) is 9.39. The largest absolute Gasteiger partial charge is 0.355 e. The fourth-order valence-electron chi connectivity index (χ4n) is 4.51. The van der Waals surface area contributed by atoms with E-state index in [9.17, 15) is 4.39 Å². The number of hydrogen-bond donors (Lipinski definition) is 2. The molecular weight excluding hydrogens is 448 g/mol. The third-order valence-electron chi connectivity index (χ3n) is 6.56. The maximum atomic E-state index is 15.3. The van der Waals surface area contributed by atoms with Crippen LogP contribution >= 0.6 is 0 Å². The molecule has 0 spiro atoms. The van der Waals surface area contributed by atoms with Crippen LogP contribution in [0.2, 0.25) is 0 Å². The summed E-state index contributed by atoms with van der Waals surface area (Å²) >= 11 is 0. The number of hydrogen-bond acceptors (Lipinski definition) is 6. The normalized spacial score (nSPS) is 14.4. The Labute approximate surface area is 201 Å².